The molecular formula is C24H37Br2N2O4+. The van der Waals surface area contributed by atoms with Crippen molar-refractivity contribution in [1.82, 2.24) is 4.98 Å². The molecule has 8 heteroatoms. The number of aliphatic hydroxyl groups excluding tert-OH is 1. The van der Waals surface area contributed by atoms with Crippen LogP contribution in [0.5, 0.6) is 0 Å². The van der Waals surface area contributed by atoms with Crippen molar-refractivity contribution in [2.24, 2.45) is 7.05 Å². The normalized spacial score (nSPS) is 14.4. The number of carbonyl (C=O) groups is 2. The van der Waals surface area contributed by atoms with Crippen molar-refractivity contribution in [2.45, 2.75) is 74.3 Å². The monoisotopic (exact) mass is 575 g/mol. The molecule has 32 heavy (non-hydrogen) atoms. The van der Waals surface area contributed by atoms with Crippen molar-refractivity contribution in [3.05, 3.63) is 56.0 Å². The van der Waals surface area contributed by atoms with E-state index in [1.54, 1.807) is 6.20 Å². The van der Waals surface area contributed by atoms with Gasteiger partial charge in [-0.3, -0.25) is 14.6 Å². The number of aliphatic hydroxyl groups is 1. The quantitative estimate of drug-likeness (QED) is 0.251. The Morgan fingerprint density at radius 2 is 1.62 bits per heavy atom. The van der Waals surface area contributed by atoms with Crippen LogP contribution < -0.4 is 4.57 Å². The molecule has 2 aliphatic rings. The molecule has 6 nitrogen and oxygen atoms in total. The average molecular weight is 577 g/mol. The number of fused-ring (bicyclic) bond motifs is 2. The highest BCUT2D eigenvalue weighted by Crippen LogP contribution is 2.30. The fourth-order valence-electron chi connectivity index (χ4n) is 3.40. The van der Waals surface area contributed by atoms with Gasteiger partial charge in [0.15, 0.2) is 11.9 Å². The summed E-state index contributed by atoms with van der Waals surface area (Å²) in [6.45, 7) is 2.36. The summed E-state index contributed by atoms with van der Waals surface area (Å²) in [4.78, 5) is 23.8. The lowest BCUT2D eigenvalue weighted by atomic mass is 10.2. The van der Waals surface area contributed by atoms with E-state index in [2.05, 4.69) is 65.5 Å². The van der Waals surface area contributed by atoms with E-state index < -0.39 is 11.9 Å². The number of aryl methyl sites for hydroxylation is 3. The number of nitrogens with zero attached hydrogens (tertiary/aromatic N) is 2. The Balaban J connectivity index is 0. The van der Waals surface area contributed by atoms with Crippen LogP contribution in [0.25, 0.3) is 0 Å². The molecule has 0 amide bonds. The molecular weight excluding hydrogens is 540 g/mol. The van der Waals surface area contributed by atoms with Gasteiger partial charge in [-0.25, -0.2) is 4.57 Å². The highest BCUT2D eigenvalue weighted by Gasteiger charge is 2.21. The Kier molecular flexibility index (Phi) is 15.5. The molecule has 0 fully saturated rings. The van der Waals surface area contributed by atoms with Crippen LogP contribution in [0.2, 0.25) is 0 Å². The first-order valence-electron chi connectivity index (χ1n) is 9.35. The van der Waals surface area contributed by atoms with Crippen molar-refractivity contribution in [1.29, 1.82) is 0 Å². The van der Waals surface area contributed by atoms with Crippen molar-refractivity contribution in [3.63, 3.8) is 0 Å². The number of esters is 2. The van der Waals surface area contributed by atoms with Crippen LogP contribution in [-0.2, 0) is 40.6 Å². The topological polar surface area (TPSA) is 80.4 Å². The van der Waals surface area contributed by atoms with Crippen molar-refractivity contribution >= 4 is 43.8 Å². The number of rotatable bonds is 0. The lowest BCUT2D eigenvalue weighted by Crippen LogP contribution is -2.33. The first-order valence-corrected chi connectivity index (χ1v) is 10.9. The maximum Gasteiger partial charge on any atom is 0.310 e. The summed E-state index contributed by atoms with van der Waals surface area (Å²) in [7, 11) is 2.12. The summed E-state index contributed by atoms with van der Waals surface area (Å²) in [5, 5.41) is 9.39. The van der Waals surface area contributed by atoms with Gasteiger partial charge in [-0.15, -0.1) is 0 Å². The van der Waals surface area contributed by atoms with E-state index in [9.17, 15) is 14.7 Å². The predicted octanol–water partition coefficient (Wildman–Crippen LogP) is 5.59. The Labute approximate surface area is 209 Å². The summed E-state index contributed by atoms with van der Waals surface area (Å²) in [5.41, 5.74) is 5.05. The predicted molar refractivity (Wildman–Crippen MR) is 135 cm³/mol. The molecule has 1 unspecified atom stereocenters. The van der Waals surface area contributed by atoms with Gasteiger partial charge >= 0.3 is 11.9 Å². The molecule has 2 aliphatic carbocycles. The van der Waals surface area contributed by atoms with Crippen LogP contribution in [0.1, 0.15) is 77.6 Å². The van der Waals surface area contributed by atoms with Gasteiger partial charge < -0.3 is 9.84 Å². The average Bonchev–Trinajstić information content (AvgIpc) is 3.21. The SMILES string of the molecule is C.C.C.CC(=O)OC(C)=O.C[n+]1cc(Br)cc2c1CCC2.OC1CCc2cc(Br)cnc21. The Bertz CT molecular complexity index is 892. The van der Waals surface area contributed by atoms with Crippen LogP contribution in [0.4, 0.5) is 0 Å². The number of hydrogen-bond acceptors (Lipinski definition) is 5. The number of hydrogen-bond donors (Lipinski definition) is 1. The summed E-state index contributed by atoms with van der Waals surface area (Å²) < 4.78 is 8.39. The van der Waals surface area contributed by atoms with Gasteiger partial charge in [-0.05, 0) is 75.2 Å². The maximum atomic E-state index is 9.81. The zero-order chi connectivity index (χ0) is 21.6. The van der Waals surface area contributed by atoms with Crippen LogP contribution in [0.3, 0.4) is 0 Å². The molecule has 180 valence electrons. The first kappa shape index (κ1) is 32.5. The highest BCUT2D eigenvalue weighted by atomic mass is 79.9. The number of halogens is 2. The third-order valence-electron chi connectivity index (χ3n) is 4.54. The molecule has 0 aliphatic heterocycles. The molecule has 1 atom stereocenters. The van der Waals surface area contributed by atoms with Crippen LogP contribution >= 0.6 is 31.9 Å². The second-order valence-electron chi connectivity index (χ2n) is 6.93. The lowest BCUT2D eigenvalue weighted by molar-refractivity contribution is -0.679. The Hall–Kier alpha value is -1.64. The van der Waals surface area contributed by atoms with Gasteiger partial charge in [-0.1, -0.05) is 22.3 Å². The van der Waals surface area contributed by atoms with Crippen LogP contribution in [0.15, 0.2) is 33.5 Å². The standard InChI is InChI=1S/C9H11BrN.C8H8BrNO.C4H6O3.3CH4/c1-11-6-8(10)5-7-3-2-4-9(7)11;9-6-3-5-1-2-7(11)8(5)10-4-6;1-3(5)7-4(2)6;;;/h5-6H,2-4H2,1H3;3-4,7,11H,1-2H2;1-2H3;3*1H4/q+1;;;;;. The van der Waals surface area contributed by atoms with Gasteiger partial charge in [0.1, 0.15) is 7.05 Å². The number of aromatic nitrogens is 2. The summed E-state index contributed by atoms with van der Waals surface area (Å²) >= 11 is 6.84. The Morgan fingerprint density at radius 3 is 2.19 bits per heavy atom. The zero-order valence-electron chi connectivity index (χ0n) is 16.7. The minimum absolute atomic E-state index is 0. The second kappa shape index (κ2) is 15.2. The van der Waals surface area contributed by atoms with Crippen molar-refractivity contribution in [2.75, 3.05) is 0 Å². The molecule has 0 saturated heterocycles. The number of ether oxygens (including phenoxy) is 1. The third-order valence-corrected chi connectivity index (χ3v) is 5.41. The first-order chi connectivity index (χ1) is 13.7. The molecule has 2 aromatic rings. The van der Waals surface area contributed by atoms with E-state index in [4.69, 9.17) is 0 Å². The summed E-state index contributed by atoms with van der Waals surface area (Å²) in [6, 6.07) is 4.26. The third kappa shape index (κ3) is 9.88. The lowest BCUT2D eigenvalue weighted by Gasteiger charge is -2.01. The summed E-state index contributed by atoms with van der Waals surface area (Å²) in [6.07, 6.45) is 9.11. The largest absolute Gasteiger partial charge is 0.394 e. The molecule has 0 bridgehead atoms. The van der Waals surface area contributed by atoms with E-state index in [1.165, 1.54) is 54.4 Å². The van der Waals surface area contributed by atoms with E-state index in [1.807, 2.05) is 6.07 Å². The maximum absolute atomic E-state index is 9.81. The molecule has 0 radical (unpaired) electrons. The second-order valence-corrected chi connectivity index (χ2v) is 8.76. The molecule has 2 heterocycles. The van der Waals surface area contributed by atoms with E-state index >= 15 is 0 Å². The van der Waals surface area contributed by atoms with Gasteiger partial charge in [0.2, 0.25) is 0 Å². The Morgan fingerprint density at radius 1 is 1.03 bits per heavy atom. The van der Waals surface area contributed by atoms with Gasteiger partial charge in [0.25, 0.3) is 0 Å². The molecule has 0 spiro atoms. The fraction of sp³-hybridized carbons (Fsp3) is 0.500. The fourth-order valence-corrected chi connectivity index (χ4v) is 4.36. The molecule has 0 saturated carbocycles. The van der Waals surface area contributed by atoms with Gasteiger partial charge in [-0.2, -0.15) is 0 Å². The van der Waals surface area contributed by atoms with Crippen molar-refractivity contribution in [3.8, 4) is 0 Å². The molecule has 1 N–H and O–H groups in total. The van der Waals surface area contributed by atoms with E-state index in [-0.39, 0.29) is 28.4 Å². The van der Waals surface area contributed by atoms with Crippen LogP contribution in [-0.4, -0.2) is 22.0 Å². The van der Waals surface area contributed by atoms with E-state index in [0.717, 1.165) is 23.0 Å². The highest BCUT2D eigenvalue weighted by molar-refractivity contribution is 9.10. The van der Waals surface area contributed by atoms with Crippen molar-refractivity contribution < 1.29 is 24.0 Å². The number of pyridine rings is 2. The molecule has 0 aromatic carbocycles. The molecule has 2 aromatic heterocycles. The smallest absolute Gasteiger partial charge is 0.310 e. The minimum Gasteiger partial charge on any atom is -0.394 e. The summed E-state index contributed by atoms with van der Waals surface area (Å²) in [5.74, 6) is -1.12. The minimum atomic E-state index is -0.562. The zero-order valence-corrected chi connectivity index (χ0v) is 19.9. The van der Waals surface area contributed by atoms with Gasteiger partial charge in [0.05, 0.1) is 16.3 Å². The molecule has 4 rings (SSSR count). The number of carbonyl (C=O) groups excluding carboxylic acids is 2. The van der Waals surface area contributed by atoms with Crippen LogP contribution in [0, 0.1) is 0 Å². The van der Waals surface area contributed by atoms with Gasteiger partial charge in [0, 0.05) is 36.5 Å². The van der Waals surface area contributed by atoms with E-state index in [0.29, 0.717) is 0 Å².